The summed E-state index contributed by atoms with van der Waals surface area (Å²) in [6.45, 7) is 16.0. The van der Waals surface area contributed by atoms with E-state index in [-0.39, 0.29) is 61.0 Å². The molecular weight excluding hydrogens is 466 g/mol. The van der Waals surface area contributed by atoms with Crippen molar-refractivity contribution in [1.29, 1.82) is 0 Å². The molecule has 1 aliphatic rings. The van der Waals surface area contributed by atoms with Crippen LogP contribution in [0.1, 0.15) is 54.9 Å². The van der Waals surface area contributed by atoms with Crippen LogP contribution >= 0.6 is 0 Å². The molecule has 0 bridgehead atoms. The van der Waals surface area contributed by atoms with E-state index >= 15 is 0 Å². The van der Waals surface area contributed by atoms with Gasteiger partial charge in [0.15, 0.2) is 5.78 Å². The lowest BCUT2D eigenvalue weighted by Crippen LogP contribution is -2.54. The topological polar surface area (TPSA) is 114 Å². The molecule has 10 nitrogen and oxygen atoms in total. The molecule has 1 fully saturated rings. The number of ketones is 1. The monoisotopic (exact) mass is 513 g/mol. The van der Waals surface area contributed by atoms with Crippen LogP contribution in [0, 0.1) is 17.3 Å². The third kappa shape index (κ3) is 10.2. The number of nitrogens with one attached hydrogen (secondary N) is 1. The van der Waals surface area contributed by atoms with E-state index in [4.69, 9.17) is 14.2 Å². The predicted molar refractivity (Wildman–Crippen MR) is 136 cm³/mol. The van der Waals surface area contributed by atoms with Gasteiger partial charge in [0.25, 0.3) is 0 Å². The van der Waals surface area contributed by atoms with Gasteiger partial charge in [-0.25, -0.2) is 0 Å². The van der Waals surface area contributed by atoms with Crippen LogP contribution in [0.3, 0.4) is 0 Å². The molecule has 1 N–H and O–H groups in total. The van der Waals surface area contributed by atoms with E-state index < -0.39 is 11.5 Å². The van der Waals surface area contributed by atoms with E-state index in [0.29, 0.717) is 39.6 Å². The number of hydrogen-bond donors (Lipinski definition) is 1. The van der Waals surface area contributed by atoms with Gasteiger partial charge in [0.05, 0.1) is 63.7 Å². The average Bonchev–Trinajstić information content (AvgIpc) is 2.96. The lowest BCUT2D eigenvalue weighted by atomic mass is 9.92. The van der Waals surface area contributed by atoms with Crippen molar-refractivity contribution >= 4 is 23.5 Å². The first kappa shape index (κ1) is 32.1. The van der Waals surface area contributed by atoms with Crippen molar-refractivity contribution in [2.45, 2.75) is 67.0 Å². The highest BCUT2D eigenvalue weighted by molar-refractivity contribution is 6.05. The first-order valence-corrected chi connectivity index (χ1v) is 12.9. The van der Waals surface area contributed by atoms with E-state index in [1.54, 1.807) is 13.8 Å². The van der Waals surface area contributed by atoms with E-state index in [1.165, 1.54) is 11.8 Å². The van der Waals surface area contributed by atoms with Crippen molar-refractivity contribution in [2.24, 2.45) is 17.3 Å². The van der Waals surface area contributed by atoms with Crippen molar-refractivity contribution in [2.75, 3.05) is 59.8 Å². The Bertz CT molecular complexity index is 739. The van der Waals surface area contributed by atoms with Crippen LogP contribution in [0.15, 0.2) is 0 Å². The highest BCUT2D eigenvalue weighted by Crippen LogP contribution is 2.31. The van der Waals surface area contributed by atoms with Crippen LogP contribution in [0.5, 0.6) is 0 Å². The molecule has 36 heavy (non-hydrogen) atoms. The second-order valence-electron chi connectivity index (χ2n) is 10.8. The fourth-order valence-corrected chi connectivity index (χ4v) is 4.29. The molecule has 1 heterocycles. The normalized spacial score (nSPS) is 17.4. The summed E-state index contributed by atoms with van der Waals surface area (Å²) in [5.41, 5.74) is -0.622. The number of carbonyl (C=O) groups is 4. The van der Waals surface area contributed by atoms with Crippen LogP contribution in [-0.2, 0) is 33.4 Å². The summed E-state index contributed by atoms with van der Waals surface area (Å²) in [5.74, 6) is -0.379. The van der Waals surface area contributed by atoms with Gasteiger partial charge >= 0.3 is 0 Å². The Kier molecular flexibility index (Phi) is 13.7. The number of amides is 3. The van der Waals surface area contributed by atoms with Gasteiger partial charge in [-0.1, -0.05) is 41.5 Å². The van der Waals surface area contributed by atoms with Gasteiger partial charge in [-0.2, -0.15) is 0 Å². The van der Waals surface area contributed by atoms with Gasteiger partial charge in [0.2, 0.25) is 17.7 Å². The summed E-state index contributed by atoms with van der Waals surface area (Å²) >= 11 is 0. The minimum Gasteiger partial charge on any atom is -0.378 e. The first-order chi connectivity index (χ1) is 16.8. The molecular formula is C26H47N3O7. The first-order valence-electron chi connectivity index (χ1n) is 12.9. The number of carbonyl (C=O) groups excluding carboxylic acids is 4. The standard InChI is InChI=1S/C26H47N3O7/c1-18(2)22(20(5)30)27-24(32)23(19(3)4)28(8)9-11-34-13-15-36-16-14-35-12-10-29-21(31)17-26(6,7)25(29)33/h18-19,22-23H,9-17H2,1-8H3,(H,27,32)/t22-,23?/m0/s1. The van der Waals surface area contributed by atoms with E-state index in [1.807, 2.05) is 39.6 Å². The molecule has 1 rings (SSSR count). The zero-order chi connectivity index (χ0) is 27.5. The fraction of sp³-hybridized carbons (Fsp3) is 0.846. The molecule has 10 heteroatoms. The lowest BCUT2D eigenvalue weighted by Gasteiger charge is -2.32. The molecule has 0 aromatic rings. The second kappa shape index (κ2) is 15.4. The molecule has 3 amide bonds. The Balaban J connectivity index is 2.18. The largest absolute Gasteiger partial charge is 0.378 e. The fourth-order valence-electron chi connectivity index (χ4n) is 4.29. The van der Waals surface area contributed by atoms with Crippen LogP contribution in [0.4, 0.5) is 0 Å². The quantitative estimate of drug-likeness (QED) is 0.217. The summed E-state index contributed by atoms with van der Waals surface area (Å²) < 4.78 is 16.6. The van der Waals surface area contributed by atoms with Crippen LogP contribution in [0.25, 0.3) is 0 Å². The Morgan fingerprint density at radius 1 is 0.944 bits per heavy atom. The minimum absolute atomic E-state index is 0.0317. The van der Waals surface area contributed by atoms with Crippen LogP contribution in [-0.4, -0.2) is 105 Å². The summed E-state index contributed by atoms with van der Waals surface area (Å²) in [6.07, 6.45) is 0.245. The molecule has 1 saturated heterocycles. The molecule has 1 aliphatic heterocycles. The third-order valence-corrected chi connectivity index (χ3v) is 6.29. The summed E-state index contributed by atoms with van der Waals surface area (Å²) in [7, 11) is 1.88. The van der Waals surface area contributed by atoms with Crippen molar-refractivity contribution in [3.63, 3.8) is 0 Å². The highest BCUT2D eigenvalue weighted by Gasteiger charge is 2.44. The molecule has 2 atom stereocenters. The van der Waals surface area contributed by atoms with Gasteiger partial charge < -0.3 is 19.5 Å². The summed E-state index contributed by atoms with van der Waals surface area (Å²) in [4.78, 5) is 52.0. The zero-order valence-corrected chi connectivity index (χ0v) is 23.4. The molecule has 0 saturated carbocycles. The van der Waals surface area contributed by atoms with E-state index in [9.17, 15) is 19.2 Å². The van der Waals surface area contributed by atoms with Gasteiger partial charge in [-0.3, -0.25) is 29.0 Å². The smallest absolute Gasteiger partial charge is 0.238 e. The molecule has 0 spiro atoms. The number of nitrogens with zero attached hydrogens (tertiary/aromatic N) is 2. The van der Waals surface area contributed by atoms with Gasteiger partial charge in [-0.15, -0.1) is 0 Å². The second-order valence-corrected chi connectivity index (χ2v) is 10.8. The average molecular weight is 514 g/mol. The van der Waals surface area contributed by atoms with Gasteiger partial charge in [-0.05, 0) is 25.8 Å². The molecule has 0 radical (unpaired) electrons. The number of imide groups is 1. The molecule has 208 valence electrons. The SMILES string of the molecule is CC(=O)[C@@H](NC(=O)C(C(C)C)N(C)CCOCCOCCOCCN1C(=O)CC(C)(C)C1=O)C(C)C. The van der Waals surface area contributed by atoms with Crippen molar-refractivity contribution in [1.82, 2.24) is 15.1 Å². The Hall–Kier alpha value is -1.88. The van der Waals surface area contributed by atoms with E-state index in [2.05, 4.69) is 5.32 Å². The zero-order valence-electron chi connectivity index (χ0n) is 23.4. The summed E-state index contributed by atoms with van der Waals surface area (Å²) in [5, 5.41) is 2.90. The number of rotatable bonds is 18. The number of likely N-dealkylation sites (N-methyl/N-ethyl adjacent to an activating group) is 1. The molecule has 0 aromatic heterocycles. The van der Waals surface area contributed by atoms with Crippen molar-refractivity contribution < 1.29 is 33.4 Å². The van der Waals surface area contributed by atoms with E-state index in [0.717, 1.165) is 0 Å². The van der Waals surface area contributed by atoms with Crippen LogP contribution in [0.2, 0.25) is 0 Å². The molecule has 0 aromatic carbocycles. The van der Waals surface area contributed by atoms with Gasteiger partial charge in [0, 0.05) is 13.0 Å². The number of hydrogen-bond acceptors (Lipinski definition) is 8. The maximum absolute atomic E-state index is 12.8. The van der Waals surface area contributed by atoms with Crippen molar-refractivity contribution in [3.05, 3.63) is 0 Å². The predicted octanol–water partition coefficient (Wildman–Crippen LogP) is 1.51. The number of Topliss-reactive ketones (excluding diaryl/α,β-unsaturated/α-hetero) is 1. The maximum atomic E-state index is 12.8. The number of likely N-dealkylation sites (tertiary alicyclic amines) is 1. The third-order valence-electron chi connectivity index (χ3n) is 6.29. The molecule has 1 unspecified atom stereocenters. The molecule has 0 aliphatic carbocycles. The van der Waals surface area contributed by atoms with Crippen molar-refractivity contribution in [3.8, 4) is 0 Å². The Labute approximate surface area is 216 Å². The minimum atomic E-state index is -0.622. The van der Waals surface area contributed by atoms with Crippen LogP contribution < -0.4 is 5.32 Å². The number of ether oxygens (including phenoxy) is 3. The Morgan fingerprint density at radius 3 is 1.92 bits per heavy atom. The van der Waals surface area contributed by atoms with Gasteiger partial charge in [0.1, 0.15) is 0 Å². The highest BCUT2D eigenvalue weighted by atomic mass is 16.5. The maximum Gasteiger partial charge on any atom is 0.238 e. The lowest BCUT2D eigenvalue weighted by molar-refractivity contribution is -0.141. The summed E-state index contributed by atoms with van der Waals surface area (Å²) in [6, 6.07) is -0.846. The Morgan fingerprint density at radius 2 is 1.47 bits per heavy atom.